The van der Waals surface area contributed by atoms with Gasteiger partial charge in [0.25, 0.3) is 10.2 Å². The first-order chi connectivity index (χ1) is 9.03. The summed E-state index contributed by atoms with van der Waals surface area (Å²) in [5, 5.41) is 3.02. The smallest absolute Gasteiger partial charge is 0.279 e. The predicted octanol–water partition coefficient (Wildman–Crippen LogP) is -0.401. The Morgan fingerprint density at radius 1 is 1.32 bits per heavy atom. The van der Waals surface area contributed by atoms with Crippen molar-refractivity contribution in [2.45, 2.75) is 37.8 Å². The lowest BCUT2D eigenvalue weighted by Crippen LogP contribution is -2.45. The van der Waals surface area contributed by atoms with Gasteiger partial charge in [-0.15, -0.1) is 0 Å². The number of nitrogens with zero attached hydrogens (tertiary/aromatic N) is 2. The molecule has 1 heterocycles. The van der Waals surface area contributed by atoms with Crippen molar-refractivity contribution in [1.29, 1.82) is 0 Å². The Labute approximate surface area is 116 Å². The third-order valence-corrected chi connectivity index (χ3v) is 5.54. The first-order valence-electron chi connectivity index (χ1n) is 7.15. The second-order valence-corrected chi connectivity index (χ2v) is 7.42. The normalized spacial score (nSPS) is 25.3. The monoisotopic (exact) mass is 290 g/mol. The van der Waals surface area contributed by atoms with Gasteiger partial charge in [-0.1, -0.05) is 0 Å². The fourth-order valence-corrected chi connectivity index (χ4v) is 3.72. The van der Waals surface area contributed by atoms with E-state index in [-0.39, 0.29) is 6.04 Å². The Morgan fingerprint density at radius 2 is 2.05 bits per heavy atom. The number of rotatable bonds is 8. The van der Waals surface area contributed by atoms with E-state index < -0.39 is 10.2 Å². The molecule has 1 saturated heterocycles. The molecule has 0 aromatic heterocycles. The van der Waals surface area contributed by atoms with Crippen LogP contribution in [0.3, 0.4) is 0 Å². The summed E-state index contributed by atoms with van der Waals surface area (Å²) < 4.78 is 28.5. The van der Waals surface area contributed by atoms with Crippen LogP contribution in [0.15, 0.2) is 0 Å². The van der Waals surface area contributed by atoms with Crippen LogP contribution in [0.1, 0.15) is 25.7 Å². The summed E-state index contributed by atoms with van der Waals surface area (Å²) in [4.78, 5) is 2.41. The fraction of sp³-hybridized carbons (Fsp3) is 1.00. The maximum absolute atomic E-state index is 12.1. The first kappa shape index (κ1) is 15.2. The molecule has 2 fully saturated rings. The predicted molar refractivity (Wildman–Crippen MR) is 76.2 cm³/mol. The number of likely N-dealkylation sites (tertiary alicyclic amines) is 1. The van der Waals surface area contributed by atoms with Gasteiger partial charge in [0, 0.05) is 38.8 Å². The van der Waals surface area contributed by atoms with Crippen molar-refractivity contribution in [2.24, 2.45) is 0 Å². The Kier molecular flexibility index (Phi) is 5.19. The highest BCUT2D eigenvalue weighted by molar-refractivity contribution is 7.87. The first-order valence-corrected chi connectivity index (χ1v) is 8.59. The lowest BCUT2D eigenvalue weighted by molar-refractivity contribution is 0.321. The molecule has 0 radical (unpaired) electrons. The highest BCUT2D eigenvalue weighted by Crippen LogP contribution is 2.29. The van der Waals surface area contributed by atoms with Crippen LogP contribution >= 0.6 is 0 Å². The minimum Gasteiger partial charge on any atom is -0.320 e. The zero-order valence-electron chi connectivity index (χ0n) is 11.9. The largest absolute Gasteiger partial charge is 0.320 e. The summed E-state index contributed by atoms with van der Waals surface area (Å²) in [7, 11) is 0.193. The SMILES string of the molecule is CNCCCN(C)S(=O)(=O)NC1CCN(C2CC2)C1. The van der Waals surface area contributed by atoms with E-state index in [1.165, 1.54) is 17.1 Å². The topological polar surface area (TPSA) is 64.7 Å². The summed E-state index contributed by atoms with van der Waals surface area (Å²) in [5.41, 5.74) is 0. The minimum atomic E-state index is -3.32. The van der Waals surface area contributed by atoms with Crippen molar-refractivity contribution in [2.75, 3.05) is 40.3 Å². The van der Waals surface area contributed by atoms with E-state index >= 15 is 0 Å². The maximum Gasteiger partial charge on any atom is 0.279 e. The van der Waals surface area contributed by atoms with Crippen molar-refractivity contribution in [3.05, 3.63) is 0 Å². The van der Waals surface area contributed by atoms with Crippen LogP contribution in [0.5, 0.6) is 0 Å². The Balaban J connectivity index is 1.76. The van der Waals surface area contributed by atoms with E-state index in [0.717, 1.165) is 38.5 Å². The van der Waals surface area contributed by atoms with E-state index in [1.807, 2.05) is 7.05 Å². The zero-order valence-corrected chi connectivity index (χ0v) is 12.7. The summed E-state index contributed by atoms with van der Waals surface area (Å²) in [5.74, 6) is 0. The van der Waals surface area contributed by atoms with Crippen LogP contribution in [0, 0.1) is 0 Å². The van der Waals surface area contributed by atoms with Gasteiger partial charge in [0.05, 0.1) is 0 Å². The van der Waals surface area contributed by atoms with Crippen LogP contribution in [-0.2, 0) is 10.2 Å². The van der Waals surface area contributed by atoms with Gasteiger partial charge >= 0.3 is 0 Å². The van der Waals surface area contributed by atoms with Crippen molar-refractivity contribution >= 4 is 10.2 Å². The van der Waals surface area contributed by atoms with Gasteiger partial charge in [-0.05, 0) is 39.3 Å². The van der Waals surface area contributed by atoms with Gasteiger partial charge in [0.1, 0.15) is 0 Å². The molecule has 6 nitrogen and oxygen atoms in total. The van der Waals surface area contributed by atoms with Crippen LogP contribution in [-0.4, -0.2) is 70.0 Å². The van der Waals surface area contributed by atoms with E-state index in [1.54, 1.807) is 7.05 Å². The molecule has 1 unspecified atom stereocenters. The second-order valence-electron chi connectivity index (χ2n) is 5.61. The molecule has 0 bridgehead atoms. The Hall–Kier alpha value is -0.210. The molecule has 1 aliphatic carbocycles. The van der Waals surface area contributed by atoms with Gasteiger partial charge in [0.2, 0.25) is 0 Å². The molecule has 0 aromatic carbocycles. The highest BCUT2D eigenvalue weighted by Gasteiger charge is 2.36. The van der Waals surface area contributed by atoms with Gasteiger partial charge in [-0.2, -0.15) is 17.4 Å². The quantitative estimate of drug-likeness (QED) is 0.597. The zero-order chi connectivity index (χ0) is 13.9. The average Bonchev–Trinajstić information content (AvgIpc) is 3.11. The molecule has 19 heavy (non-hydrogen) atoms. The third kappa shape index (κ3) is 4.39. The number of hydrogen-bond donors (Lipinski definition) is 2. The van der Waals surface area contributed by atoms with Crippen LogP contribution < -0.4 is 10.0 Å². The highest BCUT2D eigenvalue weighted by atomic mass is 32.2. The van der Waals surface area contributed by atoms with E-state index in [9.17, 15) is 8.42 Å². The summed E-state index contributed by atoms with van der Waals surface area (Å²) in [6.45, 7) is 3.28. The van der Waals surface area contributed by atoms with Gasteiger partial charge < -0.3 is 5.32 Å². The van der Waals surface area contributed by atoms with Crippen LogP contribution in [0.4, 0.5) is 0 Å². The van der Waals surface area contributed by atoms with Crippen LogP contribution in [0.25, 0.3) is 0 Å². The van der Waals surface area contributed by atoms with Crippen molar-refractivity contribution in [3.8, 4) is 0 Å². The molecule has 0 amide bonds. The average molecular weight is 290 g/mol. The third-order valence-electron chi connectivity index (χ3n) is 3.91. The molecule has 1 aliphatic heterocycles. The Bertz CT molecular complexity index is 383. The molecule has 0 aromatic rings. The molecule has 7 heteroatoms. The molecule has 2 rings (SSSR count). The molecular weight excluding hydrogens is 264 g/mol. The number of nitrogens with one attached hydrogen (secondary N) is 2. The molecule has 1 atom stereocenters. The van der Waals surface area contributed by atoms with Crippen molar-refractivity contribution in [3.63, 3.8) is 0 Å². The summed E-state index contributed by atoms with van der Waals surface area (Å²) in [6, 6.07) is 0.806. The summed E-state index contributed by atoms with van der Waals surface area (Å²) >= 11 is 0. The lowest BCUT2D eigenvalue weighted by Gasteiger charge is -2.21. The summed E-state index contributed by atoms with van der Waals surface area (Å²) in [6.07, 6.45) is 4.32. The van der Waals surface area contributed by atoms with Crippen molar-refractivity contribution in [1.82, 2.24) is 19.2 Å². The maximum atomic E-state index is 12.1. The van der Waals surface area contributed by atoms with Gasteiger partial charge in [-0.25, -0.2) is 0 Å². The van der Waals surface area contributed by atoms with E-state index in [0.29, 0.717) is 6.54 Å². The Morgan fingerprint density at radius 3 is 2.68 bits per heavy atom. The molecule has 0 spiro atoms. The second kappa shape index (κ2) is 6.49. The molecule has 112 valence electrons. The molecule has 2 aliphatic rings. The van der Waals surface area contributed by atoms with Crippen molar-refractivity contribution < 1.29 is 8.42 Å². The lowest BCUT2D eigenvalue weighted by atomic mass is 10.3. The van der Waals surface area contributed by atoms with Gasteiger partial charge in [-0.3, -0.25) is 4.90 Å². The van der Waals surface area contributed by atoms with E-state index in [2.05, 4.69) is 14.9 Å². The molecule has 1 saturated carbocycles. The van der Waals surface area contributed by atoms with Gasteiger partial charge in [0.15, 0.2) is 0 Å². The van der Waals surface area contributed by atoms with Crippen LogP contribution in [0.2, 0.25) is 0 Å². The van der Waals surface area contributed by atoms with E-state index in [4.69, 9.17) is 0 Å². The molecular formula is C12H26N4O2S. The minimum absolute atomic E-state index is 0.0809. The fourth-order valence-electron chi connectivity index (χ4n) is 2.55. The number of hydrogen-bond acceptors (Lipinski definition) is 4. The molecule has 2 N–H and O–H groups in total. The standard InChI is InChI=1S/C12H26N4O2S/c1-13-7-3-8-15(2)19(17,18)14-11-6-9-16(10-11)12-4-5-12/h11-14H,3-10H2,1-2H3.